The maximum Gasteiger partial charge on any atom is 0.288 e. The van der Waals surface area contributed by atoms with Gasteiger partial charge in [0.1, 0.15) is 0 Å². The molecule has 2 aliphatic heterocycles. The zero-order valence-corrected chi connectivity index (χ0v) is 19.3. The molecule has 3 atom stereocenters. The van der Waals surface area contributed by atoms with Crippen molar-refractivity contribution in [2.75, 3.05) is 26.3 Å². The zero-order chi connectivity index (χ0) is 22.8. The lowest BCUT2D eigenvalue weighted by Gasteiger charge is -2.37. The van der Waals surface area contributed by atoms with Crippen molar-refractivity contribution in [1.82, 2.24) is 4.90 Å². The summed E-state index contributed by atoms with van der Waals surface area (Å²) >= 11 is 0. The highest BCUT2D eigenvalue weighted by molar-refractivity contribution is 5.92. The second-order valence-corrected chi connectivity index (χ2v) is 9.28. The molecule has 1 N–H and O–H groups in total. The van der Waals surface area contributed by atoms with Crippen molar-refractivity contribution in [3.63, 3.8) is 0 Å². The van der Waals surface area contributed by atoms with Gasteiger partial charge in [-0.1, -0.05) is 42.5 Å². The molecule has 1 saturated heterocycles. The highest BCUT2D eigenvalue weighted by atomic mass is 16.7. The summed E-state index contributed by atoms with van der Waals surface area (Å²) in [5.74, 6) is 0.409. The SMILES string of the molecule is CCO[C@H]1OC(C(=O)N2CCCC2)=C[C@@H](c2ccc3c(c2)Cc2ccccc2-3)[C@H]1CCCO. The average molecular weight is 448 g/mol. The molecule has 0 aromatic heterocycles. The first-order chi connectivity index (χ1) is 16.2. The highest BCUT2D eigenvalue weighted by Gasteiger charge is 2.39. The van der Waals surface area contributed by atoms with Crippen LogP contribution in [0.15, 0.2) is 54.3 Å². The number of allylic oxidation sites excluding steroid dienone is 1. The molecule has 5 heteroatoms. The Balaban J connectivity index is 1.51. The molecule has 1 amide bonds. The predicted octanol–water partition coefficient (Wildman–Crippen LogP) is 4.63. The van der Waals surface area contributed by atoms with Crippen molar-refractivity contribution in [3.05, 3.63) is 71.0 Å². The van der Waals surface area contributed by atoms with Gasteiger partial charge in [0.2, 0.25) is 6.29 Å². The van der Waals surface area contributed by atoms with Crippen LogP contribution < -0.4 is 0 Å². The zero-order valence-electron chi connectivity index (χ0n) is 19.3. The summed E-state index contributed by atoms with van der Waals surface area (Å²) < 4.78 is 12.2. The minimum Gasteiger partial charge on any atom is -0.459 e. The third-order valence-corrected chi connectivity index (χ3v) is 7.22. The predicted molar refractivity (Wildman–Crippen MR) is 128 cm³/mol. The van der Waals surface area contributed by atoms with E-state index in [2.05, 4.69) is 42.5 Å². The number of rotatable bonds is 7. The maximum atomic E-state index is 13.2. The molecule has 0 unspecified atom stereocenters. The van der Waals surface area contributed by atoms with Gasteiger partial charge in [-0.05, 0) is 72.9 Å². The van der Waals surface area contributed by atoms with Crippen LogP contribution in [-0.2, 0) is 20.7 Å². The lowest BCUT2D eigenvalue weighted by molar-refractivity contribution is -0.170. The monoisotopic (exact) mass is 447 g/mol. The Morgan fingerprint density at radius 2 is 1.91 bits per heavy atom. The molecule has 2 aromatic carbocycles. The van der Waals surface area contributed by atoms with Crippen LogP contribution >= 0.6 is 0 Å². The van der Waals surface area contributed by atoms with Crippen LogP contribution in [0.1, 0.15) is 55.2 Å². The van der Waals surface area contributed by atoms with Gasteiger partial charge in [-0.25, -0.2) is 0 Å². The second-order valence-electron chi connectivity index (χ2n) is 9.28. The number of hydrogen-bond donors (Lipinski definition) is 1. The number of amides is 1. The van der Waals surface area contributed by atoms with E-state index in [1.807, 2.05) is 17.9 Å². The molecule has 174 valence electrons. The van der Waals surface area contributed by atoms with Crippen molar-refractivity contribution >= 4 is 5.91 Å². The standard InChI is InChI=1S/C28H33NO4/c1-2-32-28-24(10-7-15-30)25(18-26(33-28)27(31)29-13-5-6-14-29)20-11-12-23-21(17-20)16-19-8-3-4-9-22(19)23/h3-4,8-9,11-12,17-18,24-25,28,30H,2,5-7,10,13-16H2,1H3/t24-,25+,28+/m1/s1. The summed E-state index contributed by atoms with van der Waals surface area (Å²) in [6.45, 7) is 4.17. The summed E-state index contributed by atoms with van der Waals surface area (Å²) in [6, 6.07) is 15.3. The molecule has 3 aliphatic rings. The number of ether oxygens (including phenoxy) is 2. The lowest BCUT2D eigenvalue weighted by Crippen LogP contribution is -2.39. The van der Waals surface area contributed by atoms with Gasteiger partial charge in [0.15, 0.2) is 5.76 Å². The average Bonchev–Trinajstić information content (AvgIpc) is 3.50. The van der Waals surface area contributed by atoms with E-state index in [-0.39, 0.29) is 24.3 Å². The van der Waals surface area contributed by atoms with Gasteiger partial charge < -0.3 is 19.5 Å². The van der Waals surface area contributed by atoms with E-state index >= 15 is 0 Å². The Morgan fingerprint density at radius 3 is 2.70 bits per heavy atom. The van der Waals surface area contributed by atoms with Crippen LogP contribution in [0.2, 0.25) is 0 Å². The molecule has 2 heterocycles. The Bertz CT molecular complexity index is 1040. The quantitative estimate of drug-likeness (QED) is 0.574. The molecule has 1 aliphatic carbocycles. The molecule has 0 spiro atoms. The van der Waals surface area contributed by atoms with Crippen molar-refractivity contribution < 1.29 is 19.4 Å². The highest BCUT2D eigenvalue weighted by Crippen LogP contribution is 2.43. The van der Waals surface area contributed by atoms with Crippen LogP contribution in [0, 0.1) is 5.92 Å². The Labute approximate surface area is 196 Å². The van der Waals surface area contributed by atoms with Crippen molar-refractivity contribution in [2.45, 2.75) is 51.2 Å². The minimum absolute atomic E-state index is 0.00239. The van der Waals surface area contributed by atoms with E-state index in [0.29, 0.717) is 18.8 Å². The first kappa shape index (κ1) is 22.2. The van der Waals surface area contributed by atoms with E-state index in [1.54, 1.807) is 0 Å². The fourth-order valence-electron chi connectivity index (χ4n) is 5.59. The summed E-state index contributed by atoms with van der Waals surface area (Å²) in [7, 11) is 0. The smallest absolute Gasteiger partial charge is 0.288 e. The molecule has 5 nitrogen and oxygen atoms in total. The number of carbonyl (C=O) groups is 1. The molecular formula is C28H33NO4. The lowest BCUT2D eigenvalue weighted by atomic mass is 9.79. The van der Waals surface area contributed by atoms with Gasteiger partial charge in [0.25, 0.3) is 5.91 Å². The normalized spacial score (nSPS) is 23.6. The molecule has 0 radical (unpaired) electrons. The number of likely N-dealkylation sites (tertiary alicyclic amines) is 1. The second kappa shape index (κ2) is 9.70. The fourth-order valence-corrected chi connectivity index (χ4v) is 5.59. The van der Waals surface area contributed by atoms with E-state index in [4.69, 9.17) is 9.47 Å². The van der Waals surface area contributed by atoms with Crippen LogP contribution in [-0.4, -0.2) is 48.5 Å². The van der Waals surface area contributed by atoms with Gasteiger partial charge in [-0.15, -0.1) is 0 Å². The van der Waals surface area contributed by atoms with E-state index in [9.17, 15) is 9.90 Å². The molecule has 1 fully saturated rings. The number of carbonyl (C=O) groups excluding carboxylic acids is 1. The number of hydrogen-bond acceptors (Lipinski definition) is 4. The fraction of sp³-hybridized carbons (Fsp3) is 0.464. The number of aliphatic hydroxyl groups excluding tert-OH is 1. The minimum atomic E-state index is -0.497. The van der Waals surface area contributed by atoms with Gasteiger partial charge in [0.05, 0.1) is 0 Å². The molecule has 33 heavy (non-hydrogen) atoms. The third-order valence-electron chi connectivity index (χ3n) is 7.22. The molecule has 0 bridgehead atoms. The summed E-state index contributed by atoms with van der Waals surface area (Å²) in [5, 5.41) is 9.52. The summed E-state index contributed by atoms with van der Waals surface area (Å²) in [6.07, 6.45) is 5.98. The van der Waals surface area contributed by atoms with E-state index in [1.165, 1.54) is 27.8 Å². The number of aliphatic hydroxyl groups is 1. The van der Waals surface area contributed by atoms with Crippen molar-refractivity contribution in [1.29, 1.82) is 0 Å². The summed E-state index contributed by atoms with van der Waals surface area (Å²) in [5.41, 5.74) is 6.49. The number of fused-ring (bicyclic) bond motifs is 3. The van der Waals surface area contributed by atoms with Crippen LogP contribution in [0.5, 0.6) is 0 Å². The van der Waals surface area contributed by atoms with Crippen LogP contribution in [0.4, 0.5) is 0 Å². The first-order valence-electron chi connectivity index (χ1n) is 12.3. The Kier molecular flexibility index (Phi) is 6.52. The topological polar surface area (TPSA) is 59.0 Å². The number of nitrogens with zero attached hydrogens (tertiary/aromatic N) is 1. The van der Waals surface area contributed by atoms with Crippen LogP contribution in [0.3, 0.4) is 0 Å². The Hall–Kier alpha value is -2.63. The first-order valence-corrected chi connectivity index (χ1v) is 12.3. The molecule has 2 aromatic rings. The third kappa shape index (κ3) is 4.32. The van der Waals surface area contributed by atoms with Gasteiger partial charge >= 0.3 is 0 Å². The number of benzene rings is 2. The van der Waals surface area contributed by atoms with Gasteiger partial charge in [-0.3, -0.25) is 4.79 Å². The Morgan fingerprint density at radius 1 is 1.12 bits per heavy atom. The molecule has 5 rings (SSSR count). The van der Waals surface area contributed by atoms with Crippen molar-refractivity contribution in [2.24, 2.45) is 5.92 Å². The molecule has 0 saturated carbocycles. The van der Waals surface area contributed by atoms with E-state index in [0.717, 1.165) is 38.8 Å². The van der Waals surface area contributed by atoms with Crippen LogP contribution in [0.25, 0.3) is 11.1 Å². The van der Waals surface area contributed by atoms with E-state index < -0.39 is 6.29 Å². The van der Waals surface area contributed by atoms with Gasteiger partial charge in [0, 0.05) is 38.1 Å². The van der Waals surface area contributed by atoms with Gasteiger partial charge in [-0.2, -0.15) is 0 Å². The molecular weight excluding hydrogens is 414 g/mol. The summed E-state index contributed by atoms with van der Waals surface area (Å²) in [4.78, 5) is 15.1. The van der Waals surface area contributed by atoms with Crippen molar-refractivity contribution in [3.8, 4) is 11.1 Å². The largest absolute Gasteiger partial charge is 0.459 e. The maximum absolute atomic E-state index is 13.2.